The van der Waals surface area contributed by atoms with Gasteiger partial charge in [0.2, 0.25) is 0 Å². The molecule has 1 aromatic heterocycles. The van der Waals surface area contributed by atoms with Crippen LogP contribution in [-0.2, 0) is 6.61 Å². The average Bonchev–Trinajstić information content (AvgIpc) is 2.37. The second-order valence-corrected chi connectivity index (χ2v) is 3.64. The van der Waals surface area contributed by atoms with Crippen LogP contribution in [0.3, 0.4) is 0 Å². The Bertz CT molecular complexity index is 568. The predicted molar refractivity (Wildman–Crippen MR) is 63.6 cm³/mol. The van der Waals surface area contributed by atoms with Crippen molar-refractivity contribution >= 4 is 5.97 Å². The van der Waals surface area contributed by atoms with Crippen molar-refractivity contribution in [2.75, 3.05) is 0 Å². The molecular weight excluding hydrogens is 234 g/mol. The van der Waals surface area contributed by atoms with Gasteiger partial charge in [-0.1, -0.05) is 12.1 Å². The number of carbonyl (C=O) groups is 1. The highest BCUT2D eigenvalue weighted by Crippen LogP contribution is 2.19. The van der Waals surface area contributed by atoms with E-state index in [9.17, 15) is 9.90 Å². The van der Waals surface area contributed by atoms with E-state index in [1.807, 2.05) is 0 Å². The summed E-state index contributed by atoms with van der Waals surface area (Å²) >= 11 is 0. The minimum Gasteiger partial charge on any atom is -0.508 e. The number of ether oxygens (including phenoxy) is 1. The van der Waals surface area contributed by atoms with Gasteiger partial charge in [-0.3, -0.25) is 4.98 Å². The summed E-state index contributed by atoms with van der Waals surface area (Å²) in [5, 5.41) is 18.3. The maximum absolute atomic E-state index is 10.9. The number of hydrogen-bond donors (Lipinski definition) is 2. The Balaban J connectivity index is 2.13. The van der Waals surface area contributed by atoms with Gasteiger partial charge in [0.25, 0.3) is 0 Å². The monoisotopic (exact) mass is 245 g/mol. The Morgan fingerprint density at radius 1 is 1.33 bits per heavy atom. The summed E-state index contributed by atoms with van der Waals surface area (Å²) in [5.41, 5.74) is 0.806. The molecule has 0 atom stereocenters. The Kier molecular flexibility index (Phi) is 3.43. The molecule has 0 aliphatic carbocycles. The highest BCUT2D eigenvalue weighted by Gasteiger charge is 2.10. The maximum atomic E-state index is 10.9. The van der Waals surface area contributed by atoms with Crippen LogP contribution in [0.5, 0.6) is 11.5 Å². The zero-order valence-corrected chi connectivity index (χ0v) is 9.41. The first-order valence-corrected chi connectivity index (χ1v) is 5.25. The zero-order valence-electron chi connectivity index (χ0n) is 9.41. The lowest BCUT2D eigenvalue weighted by Crippen LogP contribution is -2.03. The molecule has 0 saturated heterocycles. The van der Waals surface area contributed by atoms with Crippen LogP contribution in [0.1, 0.15) is 15.9 Å². The van der Waals surface area contributed by atoms with E-state index >= 15 is 0 Å². The van der Waals surface area contributed by atoms with Crippen molar-refractivity contribution in [1.29, 1.82) is 0 Å². The van der Waals surface area contributed by atoms with Gasteiger partial charge in [0.1, 0.15) is 17.9 Å². The van der Waals surface area contributed by atoms with Crippen molar-refractivity contribution in [2.24, 2.45) is 0 Å². The van der Waals surface area contributed by atoms with E-state index in [0.29, 0.717) is 0 Å². The fraction of sp³-hybridized carbons (Fsp3) is 0.0769. The Labute approximate surface area is 103 Å². The third-order valence-electron chi connectivity index (χ3n) is 2.32. The van der Waals surface area contributed by atoms with E-state index < -0.39 is 5.97 Å². The highest BCUT2D eigenvalue weighted by molar-refractivity contribution is 5.90. The number of aromatic nitrogens is 1. The molecule has 0 unspecified atom stereocenters. The summed E-state index contributed by atoms with van der Waals surface area (Å²) in [4.78, 5) is 14.8. The fourth-order valence-electron chi connectivity index (χ4n) is 1.48. The number of carboxylic acid groups (broad SMARTS) is 1. The minimum absolute atomic E-state index is 0.0603. The Morgan fingerprint density at radius 2 is 2.17 bits per heavy atom. The largest absolute Gasteiger partial charge is 0.508 e. The number of phenols is 1. The molecular formula is C13H11NO4. The summed E-state index contributed by atoms with van der Waals surface area (Å²) in [5.74, 6) is -0.725. The van der Waals surface area contributed by atoms with E-state index in [-0.39, 0.29) is 23.7 Å². The summed E-state index contributed by atoms with van der Waals surface area (Å²) in [7, 11) is 0. The third-order valence-corrected chi connectivity index (χ3v) is 2.32. The first kappa shape index (κ1) is 11.9. The zero-order chi connectivity index (χ0) is 13.0. The van der Waals surface area contributed by atoms with Crippen molar-refractivity contribution in [1.82, 2.24) is 4.98 Å². The average molecular weight is 245 g/mol. The van der Waals surface area contributed by atoms with E-state index in [1.165, 1.54) is 18.5 Å². The van der Waals surface area contributed by atoms with Crippen LogP contribution in [0.4, 0.5) is 0 Å². The summed E-state index contributed by atoms with van der Waals surface area (Å²) in [6.45, 7) is 0.167. The van der Waals surface area contributed by atoms with Crippen LogP contribution in [0.15, 0.2) is 42.7 Å². The van der Waals surface area contributed by atoms with Crippen molar-refractivity contribution in [3.05, 3.63) is 53.9 Å². The van der Waals surface area contributed by atoms with Crippen LogP contribution in [0.25, 0.3) is 0 Å². The number of phenolic OH excluding ortho intramolecular Hbond substituents is 1. The topological polar surface area (TPSA) is 79.7 Å². The third kappa shape index (κ3) is 2.76. The lowest BCUT2D eigenvalue weighted by atomic mass is 10.2. The lowest BCUT2D eigenvalue weighted by Gasteiger charge is -2.08. The van der Waals surface area contributed by atoms with Gasteiger partial charge in [-0.05, 0) is 23.8 Å². The molecule has 18 heavy (non-hydrogen) atoms. The van der Waals surface area contributed by atoms with Crippen LogP contribution in [0.2, 0.25) is 0 Å². The number of nitrogens with zero attached hydrogens (tertiary/aromatic N) is 1. The molecule has 0 fully saturated rings. The van der Waals surface area contributed by atoms with Crippen molar-refractivity contribution in [3.63, 3.8) is 0 Å². The maximum Gasteiger partial charge on any atom is 0.339 e. The van der Waals surface area contributed by atoms with Gasteiger partial charge in [0.15, 0.2) is 5.75 Å². The number of carboxylic acids is 1. The summed E-state index contributed by atoms with van der Waals surface area (Å²) in [6, 6.07) is 7.94. The number of hydrogen-bond acceptors (Lipinski definition) is 4. The molecule has 5 nitrogen and oxygen atoms in total. The molecule has 5 heteroatoms. The first-order valence-electron chi connectivity index (χ1n) is 5.25. The van der Waals surface area contributed by atoms with Crippen molar-refractivity contribution in [2.45, 2.75) is 6.61 Å². The van der Waals surface area contributed by atoms with Crippen LogP contribution in [0, 0.1) is 0 Å². The molecule has 0 bridgehead atoms. The second kappa shape index (κ2) is 5.18. The molecule has 2 aromatic rings. The molecule has 2 rings (SSSR count). The molecule has 0 aliphatic heterocycles. The molecule has 1 heterocycles. The van der Waals surface area contributed by atoms with E-state index in [0.717, 1.165) is 5.56 Å². The van der Waals surface area contributed by atoms with Gasteiger partial charge in [-0.25, -0.2) is 4.79 Å². The minimum atomic E-state index is -1.07. The van der Waals surface area contributed by atoms with Gasteiger partial charge in [-0.15, -0.1) is 0 Å². The van der Waals surface area contributed by atoms with Gasteiger partial charge in [-0.2, -0.15) is 0 Å². The lowest BCUT2D eigenvalue weighted by molar-refractivity contribution is 0.0691. The molecule has 0 spiro atoms. The van der Waals surface area contributed by atoms with Gasteiger partial charge in [0, 0.05) is 6.20 Å². The summed E-state index contributed by atoms with van der Waals surface area (Å²) < 4.78 is 5.39. The number of aromatic hydroxyl groups is 1. The molecule has 1 aromatic carbocycles. The SMILES string of the molecule is O=C(O)c1ccncc1OCc1cccc(O)c1. The Morgan fingerprint density at radius 3 is 2.89 bits per heavy atom. The van der Waals surface area contributed by atoms with Crippen molar-refractivity contribution in [3.8, 4) is 11.5 Å². The molecule has 92 valence electrons. The fourth-order valence-corrected chi connectivity index (χ4v) is 1.48. The predicted octanol–water partition coefficient (Wildman–Crippen LogP) is 2.06. The van der Waals surface area contributed by atoms with Gasteiger partial charge < -0.3 is 14.9 Å². The van der Waals surface area contributed by atoms with Crippen LogP contribution >= 0.6 is 0 Å². The number of rotatable bonds is 4. The number of pyridine rings is 1. The van der Waals surface area contributed by atoms with E-state index in [2.05, 4.69) is 4.98 Å². The molecule has 0 radical (unpaired) electrons. The van der Waals surface area contributed by atoms with Crippen molar-refractivity contribution < 1.29 is 19.7 Å². The molecule has 2 N–H and O–H groups in total. The first-order chi connectivity index (χ1) is 8.66. The molecule has 0 saturated carbocycles. The Hall–Kier alpha value is -2.56. The van der Waals surface area contributed by atoms with Crippen LogP contribution in [-0.4, -0.2) is 21.2 Å². The summed E-state index contributed by atoms with van der Waals surface area (Å²) in [6.07, 6.45) is 2.75. The second-order valence-electron chi connectivity index (χ2n) is 3.64. The van der Waals surface area contributed by atoms with Crippen LogP contribution < -0.4 is 4.74 Å². The van der Waals surface area contributed by atoms with E-state index in [1.54, 1.807) is 24.3 Å². The quantitative estimate of drug-likeness (QED) is 0.861. The number of aromatic carboxylic acids is 1. The normalized spacial score (nSPS) is 10.0. The highest BCUT2D eigenvalue weighted by atomic mass is 16.5. The van der Waals surface area contributed by atoms with Gasteiger partial charge in [0.05, 0.1) is 6.20 Å². The smallest absolute Gasteiger partial charge is 0.339 e. The molecule has 0 aliphatic rings. The van der Waals surface area contributed by atoms with Gasteiger partial charge >= 0.3 is 5.97 Å². The van der Waals surface area contributed by atoms with E-state index in [4.69, 9.17) is 9.84 Å². The number of benzene rings is 1. The standard InChI is InChI=1S/C13H11NO4/c15-10-3-1-2-9(6-10)8-18-12-7-14-5-4-11(12)13(16)17/h1-7,15H,8H2,(H,16,17). The molecule has 0 amide bonds.